The van der Waals surface area contributed by atoms with E-state index < -0.39 is 0 Å². The van der Waals surface area contributed by atoms with Crippen molar-refractivity contribution in [3.8, 4) is 5.75 Å². The molecule has 5 nitrogen and oxygen atoms in total. The molecule has 0 aliphatic carbocycles. The molecule has 3 rings (SSSR count). The minimum atomic E-state index is 0.0242. The molecule has 1 atom stereocenters. The second kappa shape index (κ2) is 9.25. The first-order valence-corrected chi connectivity index (χ1v) is 9.35. The minimum absolute atomic E-state index is 0.0242. The molecule has 26 heavy (non-hydrogen) atoms. The molecule has 1 fully saturated rings. The van der Waals surface area contributed by atoms with E-state index in [0.717, 1.165) is 36.0 Å². The van der Waals surface area contributed by atoms with Gasteiger partial charge in [-0.1, -0.05) is 18.2 Å². The van der Waals surface area contributed by atoms with Gasteiger partial charge in [0.25, 0.3) is 5.91 Å². The Labute approximate surface area is 155 Å². The molecule has 138 valence electrons. The summed E-state index contributed by atoms with van der Waals surface area (Å²) in [5.74, 6) is 0.888. The number of anilines is 2. The maximum absolute atomic E-state index is 12.2. The predicted molar refractivity (Wildman–Crippen MR) is 105 cm³/mol. The van der Waals surface area contributed by atoms with Gasteiger partial charge in [-0.15, -0.1) is 0 Å². The first-order valence-electron chi connectivity index (χ1n) is 9.35. The Morgan fingerprint density at radius 3 is 2.46 bits per heavy atom. The van der Waals surface area contributed by atoms with Gasteiger partial charge >= 0.3 is 0 Å². The van der Waals surface area contributed by atoms with Gasteiger partial charge in [0.15, 0.2) is 6.54 Å². The number of hydrogen-bond donors (Lipinski definition) is 2. The maximum Gasteiger partial charge on any atom is 0.279 e. The van der Waals surface area contributed by atoms with Gasteiger partial charge in [0.2, 0.25) is 0 Å². The maximum atomic E-state index is 12.2. The lowest BCUT2D eigenvalue weighted by Gasteiger charge is -2.18. The van der Waals surface area contributed by atoms with Gasteiger partial charge in [0.1, 0.15) is 18.9 Å². The van der Waals surface area contributed by atoms with Crippen molar-refractivity contribution >= 4 is 17.3 Å². The van der Waals surface area contributed by atoms with E-state index >= 15 is 0 Å². The highest BCUT2D eigenvalue weighted by Gasteiger charge is 2.13. The lowest BCUT2D eigenvalue weighted by molar-refractivity contribution is -0.871. The Kier molecular flexibility index (Phi) is 6.50. The van der Waals surface area contributed by atoms with E-state index in [-0.39, 0.29) is 5.91 Å². The number of nitrogens with zero attached hydrogens (tertiary/aromatic N) is 1. The number of rotatable bonds is 8. The van der Waals surface area contributed by atoms with Crippen LogP contribution in [0.1, 0.15) is 12.8 Å². The molecule has 2 aromatic carbocycles. The molecule has 0 spiro atoms. The highest BCUT2D eigenvalue weighted by Crippen LogP contribution is 2.21. The summed E-state index contributed by atoms with van der Waals surface area (Å²) in [4.78, 5) is 15.7. The zero-order chi connectivity index (χ0) is 18.2. The molecule has 0 radical (unpaired) electrons. The number of ether oxygens (including phenoxy) is 1. The molecule has 2 N–H and O–H groups in total. The third-order valence-electron chi connectivity index (χ3n) is 4.63. The zero-order valence-electron chi connectivity index (χ0n) is 15.4. The van der Waals surface area contributed by atoms with Crippen LogP contribution in [0.4, 0.5) is 11.4 Å². The average Bonchev–Trinajstić information content (AvgIpc) is 3.18. The molecule has 0 aromatic heterocycles. The van der Waals surface area contributed by atoms with Crippen LogP contribution in [0.3, 0.4) is 0 Å². The van der Waals surface area contributed by atoms with E-state index in [1.807, 2.05) is 49.5 Å². The summed E-state index contributed by atoms with van der Waals surface area (Å²) in [7, 11) is 2.00. The number of hydrogen-bond acceptors (Lipinski definition) is 3. The largest absolute Gasteiger partial charge is 0.488 e. The molecule has 0 bridgehead atoms. The molecule has 1 amide bonds. The van der Waals surface area contributed by atoms with Crippen LogP contribution in [0, 0.1) is 0 Å². The fourth-order valence-corrected chi connectivity index (χ4v) is 3.16. The van der Waals surface area contributed by atoms with Gasteiger partial charge < -0.3 is 19.9 Å². The van der Waals surface area contributed by atoms with E-state index in [9.17, 15) is 4.79 Å². The fourth-order valence-electron chi connectivity index (χ4n) is 3.16. The summed E-state index contributed by atoms with van der Waals surface area (Å²) >= 11 is 0. The number of amides is 1. The normalized spacial score (nSPS) is 14.9. The van der Waals surface area contributed by atoms with Crippen LogP contribution in [-0.2, 0) is 4.79 Å². The van der Waals surface area contributed by atoms with Crippen molar-refractivity contribution in [2.24, 2.45) is 0 Å². The minimum Gasteiger partial charge on any atom is -0.488 e. The third kappa shape index (κ3) is 5.49. The van der Waals surface area contributed by atoms with E-state index in [2.05, 4.69) is 22.3 Å². The predicted octanol–water partition coefficient (Wildman–Crippen LogP) is 1.82. The Balaban J connectivity index is 1.38. The molecular formula is C21H28N3O2+. The highest BCUT2D eigenvalue weighted by molar-refractivity contribution is 5.91. The van der Waals surface area contributed by atoms with Crippen molar-refractivity contribution in [3.05, 3.63) is 54.6 Å². The molecular weight excluding hydrogens is 326 g/mol. The van der Waals surface area contributed by atoms with E-state index in [0.29, 0.717) is 13.2 Å². The van der Waals surface area contributed by atoms with Crippen LogP contribution < -0.4 is 19.9 Å². The molecule has 1 heterocycles. The summed E-state index contributed by atoms with van der Waals surface area (Å²) in [6, 6.07) is 17.9. The summed E-state index contributed by atoms with van der Waals surface area (Å²) in [6.07, 6.45) is 2.53. The summed E-state index contributed by atoms with van der Waals surface area (Å²) in [5.41, 5.74) is 2.09. The molecule has 1 aliphatic rings. The zero-order valence-corrected chi connectivity index (χ0v) is 15.4. The third-order valence-corrected chi connectivity index (χ3v) is 4.63. The topological polar surface area (TPSA) is 46.0 Å². The molecule has 5 heteroatoms. The Hall–Kier alpha value is -2.53. The van der Waals surface area contributed by atoms with Crippen LogP contribution in [0.25, 0.3) is 0 Å². The van der Waals surface area contributed by atoms with Gasteiger partial charge in [-0.25, -0.2) is 0 Å². The Morgan fingerprint density at radius 1 is 1.08 bits per heavy atom. The fraction of sp³-hybridized carbons (Fsp3) is 0.381. The van der Waals surface area contributed by atoms with Crippen molar-refractivity contribution in [2.75, 3.05) is 50.1 Å². The van der Waals surface area contributed by atoms with Gasteiger partial charge in [0.05, 0.1) is 7.05 Å². The first kappa shape index (κ1) is 18.3. The highest BCUT2D eigenvalue weighted by atomic mass is 16.5. The number of quaternary nitrogens is 1. The number of likely N-dealkylation sites (N-methyl/N-ethyl adjacent to an activating group) is 1. The number of para-hydroxylation sites is 1. The van der Waals surface area contributed by atoms with Crippen LogP contribution in [0.2, 0.25) is 0 Å². The number of carbonyl (C=O) groups excluding carboxylic acids is 1. The van der Waals surface area contributed by atoms with Crippen LogP contribution in [-0.4, -0.2) is 45.7 Å². The average molecular weight is 354 g/mol. The second-order valence-electron chi connectivity index (χ2n) is 6.83. The molecule has 0 saturated carbocycles. The van der Waals surface area contributed by atoms with Crippen molar-refractivity contribution in [1.82, 2.24) is 0 Å². The molecule has 1 aliphatic heterocycles. The summed E-state index contributed by atoms with van der Waals surface area (Å²) < 4.78 is 5.68. The Bertz CT molecular complexity index is 682. The molecule has 2 aromatic rings. The second-order valence-corrected chi connectivity index (χ2v) is 6.83. The van der Waals surface area contributed by atoms with Crippen molar-refractivity contribution in [3.63, 3.8) is 0 Å². The van der Waals surface area contributed by atoms with Gasteiger partial charge in [-0.3, -0.25) is 4.79 Å². The monoisotopic (exact) mass is 354 g/mol. The van der Waals surface area contributed by atoms with Crippen LogP contribution in [0.15, 0.2) is 54.6 Å². The number of carbonyl (C=O) groups is 1. The number of nitrogens with one attached hydrogen (secondary N) is 2. The molecule has 1 saturated heterocycles. The standard InChI is InChI=1S/C21H27N3O2/c1-23(15-16-26-20-7-3-2-4-8-20)17-21(25)22-18-9-11-19(12-10-18)24-13-5-6-14-24/h2-4,7-12H,5-6,13-17H2,1H3,(H,22,25)/p+1. The lowest BCUT2D eigenvalue weighted by Crippen LogP contribution is -3.10. The van der Waals surface area contributed by atoms with Crippen LogP contribution in [0.5, 0.6) is 5.75 Å². The van der Waals surface area contributed by atoms with E-state index in [4.69, 9.17) is 4.74 Å². The van der Waals surface area contributed by atoms with Crippen LogP contribution >= 0.6 is 0 Å². The lowest BCUT2D eigenvalue weighted by atomic mass is 10.2. The van der Waals surface area contributed by atoms with E-state index in [1.165, 1.54) is 18.5 Å². The Morgan fingerprint density at radius 2 is 1.77 bits per heavy atom. The van der Waals surface area contributed by atoms with Gasteiger partial charge in [-0.05, 0) is 49.2 Å². The van der Waals surface area contributed by atoms with E-state index in [1.54, 1.807) is 0 Å². The van der Waals surface area contributed by atoms with Gasteiger partial charge in [-0.2, -0.15) is 0 Å². The number of benzene rings is 2. The van der Waals surface area contributed by atoms with Crippen molar-refractivity contribution < 1.29 is 14.4 Å². The molecule has 1 unspecified atom stereocenters. The summed E-state index contributed by atoms with van der Waals surface area (Å²) in [5, 5.41) is 2.98. The van der Waals surface area contributed by atoms with Crippen molar-refractivity contribution in [2.45, 2.75) is 12.8 Å². The quantitative estimate of drug-likeness (QED) is 0.760. The first-order chi connectivity index (χ1) is 12.7. The van der Waals surface area contributed by atoms with Crippen molar-refractivity contribution in [1.29, 1.82) is 0 Å². The van der Waals surface area contributed by atoms with Gasteiger partial charge in [0, 0.05) is 24.5 Å². The summed E-state index contributed by atoms with van der Waals surface area (Å²) in [6.45, 7) is 4.05. The smallest absolute Gasteiger partial charge is 0.279 e. The SMILES string of the molecule is C[NH+](CCOc1ccccc1)CC(=O)Nc1ccc(N2CCCC2)cc1.